The highest BCUT2D eigenvalue weighted by Gasteiger charge is 2.36. The van der Waals surface area contributed by atoms with Gasteiger partial charge in [-0.2, -0.15) is 0 Å². The Labute approximate surface area is 266 Å². The summed E-state index contributed by atoms with van der Waals surface area (Å²) in [6.45, 7) is 4.73. The van der Waals surface area contributed by atoms with E-state index in [0.717, 1.165) is 21.9 Å². The van der Waals surface area contributed by atoms with Gasteiger partial charge in [-0.15, -0.1) is 0 Å². The van der Waals surface area contributed by atoms with E-state index in [1.807, 2.05) is 18.3 Å². The fourth-order valence-corrected chi connectivity index (χ4v) is 7.94. The van der Waals surface area contributed by atoms with Crippen LogP contribution in [-0.4, -0.2) is 14.5 Å². The molecule has 0 spiro atoms. The Kier molecular flexibility index (Phi) is 5.06. The van der Waals surface area contributed by atoms with Crippen LogP contribution < -0.4 is 0 Å². The fourth-order valence-electron chi connectivity index (χ4n) is 7.94. The van der Waals surface area contributed by atoms with Gasteiger partial charge in [-0.3, -0.25) is 4.57 Å². The first-order valence-electron chi connectivity index (χ1n) is 15.9. The number of hydrogen-bond acceptors (Lipinski definition) is 2. The van der Waals surface area contributed by atoms with Crippen LogP contribution in [0.1, 0.15) is 25.0 Å². The third-order valence-corrected chi connectivity index (χ3v) is 10.2. The summed E-state index contributed by atoms with van der Waals surface area (Å²) in [7, 11) is 0. The Balaban J connectivity index is 1.21. The largest absolute Gasteiger partial charge is 0.278 e. The van der Waals surface area contributed by atoms with E-state index in [9.17, 15) is 0 Å². The van der Waals surface area contributed by atoms with E-state index in [2.05, 4.69) is 140 Å². The van der Waals surface area contributed by atoms with E-state index in [-0.39, 0.29) is 5.41 Å². The van der Waals surface area contributed by atoms with Crippen LogP contribution in [0.15, 0.2) is 140 Å². The number of hydrogen-bond donors (Lipinski definition) is 0. The zero-order valence-corrected chi connectivity index (χ0v) is 25.6. The zero-order chi connectivity index (χ0) is 30.6. The molecule has 1 aliphatic carbocycles. The molecule has 46 heavy (non-hydrogen) atoms. The third kappa shape index (κ3) is 3.43. The van der Waals surface area contributed by atoms with Gasteiger partial charge in [0.2, 0.25) is 5.95 Å². The van der Waals surface area contributed by atoms with Crippen molar-refractivity contribution in [2.45, 2.75) is 19.3 Å². The fraction of sp³-hybridized carbons (Fsp3) is 0.0698. The molecular weight excluding hydrogens is 558 g/mol. The predicted molar refractivity (Wildman–Crippen MR) is 192 cm³/mol. The summed E-state index contributed by atoms with van der Waals surface area (Å²) >= 11 is 0. The highest BCUT2D eigenvalue weighted by atomic mass is 15.2. The Bertz CT molecular complexity index is 2730. The minimum absolute atomic E-state index is 0.0888. The van der Waals surface area contributed by atoms with Crippen molar-refractivity contribution in [2.75, 3.05) is 0 Å². The van der Waals surface area contributed by atoms with E-state index in [4.69, 9.17) is 9.97 Å². The van der Waals surface area contributed by atoms with Crippen LogP contribution in [-0.2, 0) is 5.41 Å². The number of nitrogens with zero attached hydrogens (tertiary/aromatic N) is 3. The molecule has 7 aromatic carbocycles. The van der Waals surface area contributed by atoms with Gasteiger partial charge >= 0.3 is 0 Å². The first kappa shape index (κ1) is 25.5. The smallest absolute Gasteiger partial charge is 0.235 e. The summed E-state index contributed by atoms with van der Waals surface area (Å²) in [5, 5.41) is 8.55. The maximum Gasteiger partial charge on any atom is 0.235 e. The summed E-state index contributed by atoms with van der Waals surface area (Å²) in [6, 6.07) is 48.6. The normalized spacial score (nSPS) is 13.6. The van der Waals surface area contributed by atoms with E-state index >= 15 is 0 Å². The lowest BCUT2D eigenvalue weighted by molar-refractivity contribution is 0.661. The number of rotatable bonds is 2. The van der Waals surface area contributed by atoms with Gasteiger partial charge in [0.1, 0.15) is 0 Å². The molecule has 3 heteroatoms. The molecule has 2 aromatic heterocycles. The molecule has 0 atom stereocenters. The van der Waals surface area contributed by atoms with Crippen molar-refractivity contribution < 1.29 is 0 Å². The number of para-hydroxylation sites is 1. The van der Waals surface area contributed by atoms with Gasteiger partial charge in [-0.05, 0) is 85.3 Å². The quantitative estimate of drug-likeness (QED) is 0.201. The van der Waals surface area contributed by atoms with Crippen LogP contribution in [0, 0.1) is 0 Å². The maximum atomic E-state index is 5.03. The lowest BCUT2D eigenvalue weighted by Gasteiger charge is -2.22. The van der Waals surface area contributed by atoms with Crippen molar-refractivity contribution in [1.29, 1.82) is 0 Å². The van der Waals surface area contributed by atoms with Crippen molar-refractivity contribution in [3.8, 4) is 28.2 Å². The van der Waals surface area contributed by atoms with Crippen LogP contribution in [0.3, 0.4) is 0 Å². The Morgan fingerprint density at radius 2 is 1.22 bits per heavy atom. The van der Waals surface area contributed by atoms with Crippen LogP contribution in [0.4, 0.5) is 0 Å². The van der Waals surface area contributed by atoms with Gasteiger partial charge in [0.15, 0.2) is 0 Å². The molecular formula is C43H29N3. The van der Waals surface area contributed by atoms with E-state index < -0.39 is 0 Å². The van der Waals surface area contributed by atoms with E-state index in [0.29, 0.717) is 5.95 Å². The van der Waals surface area contributed by atoms with Gasteiger partial charge < -0.3 is 0 Å². The molecule has 0 amide bonds. The second-order valence-corrected chi connectivity index (χ2v) is 13.1. The highest BCUT2D eigenvalue weighted by molar-refractivity contribution is 6.21. The molecule has 0 N–H and O–H groups in total. The SMILES string of the molecule is CC1(C)c2cc(-c3ccc4c(c3)c3c5ccccc5ccc3n4-c3ncc4ccccc4n3)ccc2-c2c1ccc1ccccc21. The van der Waals surface area contributed by atoms with Crippen LogP contribution in [0.5, 0.6) is 0 Å². The van der Waals surface area contributed by atoms with Crippen LogP contribution in [0.25, 0.3) is 82.5 Å². The highest BCUT2D eigenvalue weighted by Crippen LogP contribution is 2.52. The molecule has 3 nitrogen and oxygen atoms in total. The zero-order valence-electron chi connectivity index (χ0n) is 25.6. The Hall–Kier alpha value is -5.80. The van der Waals surface area contributed by atoms with Gasteiger partial charge in [-0.1, -0.05) is 117 Å². The maximum absolute atomic E-state index is 5.03. The molecule has 10 rings (SSSR count). The minimum Gasteiger partial charge on any atom is -0.278 e. The average Bonchev–Trinajstić information content (AvgIpc) is 3.56. The molecule has 0 aliphatic heterocycles. The summed E-state index contributed by atoms with van der Waals surface area (Å²) in [5.74, 6) is 0.686. The first-order valence-corrected chi connectivity index (χ1v) is 15.9. The minimum atomic E-state index is -0.0888. The number of aromatic nitrogens is 3. The van der Waals surface area contributed by atoms with Gasteiger partial charge in [0.05, 0.1) is 16.6 Å². The molecule has 0 radical (unpaired) electrons. The van der Waals surface area contributed by atoms with E-state index in [1.165, 1.54) is 65.7 Å². The Morgan fingerprint density at radius 1 is 0.543 bits per heavy atom. The standard InChI is InChI=1S/C43H29N3/c1-43(2)35-20-16-26-9-3-6-12-31(26)40(35)33-19-15-29(24-36(33)43)28-18-21-38-34(23-28)41-32-13-7-4-10-27(32)17-22-39(41)46(38)42-44-25-30-11-5-8-14-37(30)45-42/h3-25H,1-2H3. The molecule has 0 saturated heterocycles. The third-order valence-electron chi connectivity index (χ3n) is 10.2. The topological polar surface area (TPSA) is 30.7 Å². The van der Waals surface area contributed by atoms with Crippen molar-refractivity contribution >= 4 is 54.3 Å². The summed E-state index contributed by atoms with van der Waals surface area (Å²) < 4.78 is 2.22. The van der Waals surface area contributed by atoms with Crippen LogP contribution in [0.2, 0.25) is 0 Å². The molecule has 1 aliphatic rings. The second-order valence-electron chi connectivity index (χ2n) is 13.1. The summed E-state index contributed by atoms with van der Waals surface area (Å²) in [5.41, 5.74) is 11.0. The van der Waals surface area contributed by atoms with Crippen molar-refractivity contribution in [2.24, 2.45) is 0 Å². The monoisotopic (exact) mass is 587 g/mol. The lowest BCUT2D eigenvalue weighted by atomic mass is 9.81. The summed E-state index contributed by atoms with van der Waals surface area (Å²) in [6.07, 6.45) is 1.93. The average molecular weight is 588 g/mol. The van der Waals surface area contributed by atoms with Gasteiger partial charge in [0, 0.05) is 27.8 Å². The lowest BCUT2D eigenvalue weighted by Crippen LogP contribution is -2.15. The van der Waals surface area contributed by atoms with Crippen molar-refractivity contribution in [1.82, 2.24) is 14.5 Å². The number of fused-ring (bicyclic) bond motifs is 11. The van der Waals surface area contributed by atoms with Gasteiger partial charge in [0.25, 0.3) is 0 Å². The first-order chi connectivity index (χ1) is 22.6. The molecule has 9 aromatic rings. The Morgan fingerprint density at radius 3 is 2.09 bits per heavy atom. The number of benzene rings is 7. The molecule has 0 unspecified atom stereocenters. The molecule has 0 saturated carbocycles. The van der Waals surface area contributed by atoms with Crippen molar-refractivity contribution in [3.63, 3.8) is 0 Å². The predicted octanol–water partition coefficient (Wildman–Crippen LogP) is 11.0. The second kappa shape index (κ2) is 9.12. The van der Waals surface area contributed by atoms with E-state index in [1.54, 1.807) is 0 Å². The van der Waals surface area contributed by atoms with Crippen molar-refractivity contribution in [3.05, 3.63) is 151 Å². The molecule has 0 fully saturated rings. The van der Waals surface area contributed by atoms with Gasteiger partial charge in [-0.25, -0.2) is 9.97 Å². The molecule has 2 heterocycles. The molecule has 0 bridgehead atoms. The molecule has 216 valence electrons. The van der Waals surface area contributed by atoms with Crippen LogP contribution >= 0.6 is 0 Å². The summed E-state index contributed by atoms with van der Waals surface area (Å²) in [4.78, 5) is 9.89.